The Morgan fingerprint density at radius 3 is 2.56 bits per heavy atom. The molecule has 0 unspecified atom stereocenters. The number of nitrogens with zero attached hydrogens (tertiary/aromatic N) is 1. The molecular formula is C12H12Cl3FN4O4S. The fraction of sp³-hybridized carbons (Fsp3) is 0.333. The molecule has 0 fully saturated rings. The molecule has 1 amide bonds. The highest BCUT2D eigenvalue weighted by Gasteiger charge is 2.34. The van der Waals surface area contributed by atoms with Crippen LogP contribution in [0.3, 0.4) is 0 Å². The Morgan fingerprint density at radius 1 is 1.44 bits per heavy atom. The molecular weight excluding hydrogens is 422 g/mol. The van der Waals surface area contributed by atoms with Crippen LogP contribution < -0.4 is 20.7 Å². The highest BCUT2D eigenvalue weighted by Crippen LogP contribution is 2.30. The van der Waals surface area contributed by atoms with Gasteiger partial charge in [0.05, 0.1) is 12.0 Å². The monoisotopic (exact) mass is 432 g/mol. The van der Waals surface area contributed by atoms with Crippen LogP contribution >= 0.6 is 47.0 Å². The summed E-state index contributed by atoms with van der Waals surface area (Å²) >= 11 is 22.1. The van der Waals surface area contributed by atoms with Crippen LogP contribution in [0.4, 0.5) is 15.8 Å². The predicted molar refractivity (Wildman–Crippen MR) is 97.2 cm³/mol. The van der Waals surface area contributed by atoms with E-state index in [0.29, 0.717) is 0 Å². The second-order valence-electron chi connectivity index (χ2n) is 4.42. The largest absolute Gasteiger partial charge is 0.490 e. The third-order valence-electron chi connectivity index (χ3n) is 2.66. The number of hydrogen-bond acceptors (Lipinski definition) is 5. The van der Waals surface area contributed by atoms with Gasteiger partial charge in [0.2, 0.25) is 3.79 Å². The zero-order chi connectivity index (χ0) is 19.2. The maximum absolute atomic E-state index is 12.3. The quantitative estimate of drug-likeness (QED) is 0.208. The second kappa shape index (κ2) is 9.18. The molecule has 0 aliphatic carbocycles. The molecule has 8 nitrogen and oxygen atoms in total. The molecule has 1 atom stereocenters. The number of carbonyl (C=O) groups is 1. The molecule has 0 aliphatic rings. The molecule has 0 bridgehead atoms. The smallest absolute Gasteiger partial charge is 0.312 e. The van der Waals surface area contributed by atoms with Gasteiger partial charge < -0.3 is 20.7 Å². The molecule has 1 rings (SSSR count). The van der Waals surface area contributed by atoms with Crippen molar-refractivity contribution in [3.8, 4) is 5.75 Å². The van der Waals surface area contributed by atoms with E-state index < -0.39 is 27.5 Å². The maximum Gasteiger partial charge on any atom is 0.312 e. The van der Waals surface area contributed by atoms with E-state index in [1.807, 2.05) is 0 Å². The number of amides is 1. The first-order valence-corrected chi connectivity index (χ1v) is 7.94. The van der Waals surface area contributed by atoms with Crippen LogP contribution in [0.2, 0.25) is 0 Å². The third kappa shape index (κ3) is 6.65. The van der Waals surface area contributed by atoms with Crippen LogP contribution in [-0.2, 0) is 4.79 Å². The molecule has 0 heterocycles. The summed E-state index contributed by atoms with van der Waals surface area (Å²) in [5.41, 5.74) is -0.0520. The van der Waals surface area contributed by atoms with Gasteiger partial charge in [-0.1, -0.05) is 34.8 Å². The zero-order valence-corrected chi connectivity index (χ0v) is 15.6. The molecule has 25 heavy (non-hydrogen) atoms. The summed E-state index contributed by atoms with van der Waals surface area (Å²) in [5, 5.41) is 18.1. The Hall–Kier alpha value is -1.62. The van der Waals surface area contributed by atoms with Gasteiger partial charge in [-0.25, -0.2) is 4.39 Å². The fourth-order valence-electron chi connectivity index (χ4n) is 1.61. The Balaban J connectivity index is 2.88. The van der Waals surface area contributed by atoms with Gasteiger partial charge in [0, 0.05) is 11.8 Å². The standard InChI is InChI=1S/C12H12Cl3FN4O4S/c1-24-8-3-2-6(4-7(8)20(22)23)17-11(25)19-10(12(13,14)15)18-9(21)5-16/h2-4,10H,5H2,1H3,(H,18,21)(H2,17,19,25)/t10-/m1/s1. The number of methoxy groups -OCH3 is 1. The predicted octanol–water partition coefficient (Wildman–Crippen LogP) is 2.67. The number of anilines is 1. The molecule has 13 heteroatoms. The van der Waals surface area contributed by atoms with E-state index in [4.69, 9.17) is 51.8 Å². The van der Waals surface area contributed by atoms with Crippen molar-refractivity contribution in [2.75, 3.05) is 19.1 Å². The molecule has 1 aromatic carbocycles. The average molecular weight is 434 g/mol. The van der Waals surface area contributed by atoms with E-state index in [0.717, 1.165) is 0 Å². The van der Waals surface area contributed by atoms with E-state index in [2.05, 4.69) is 16.0 Å². The zero-order valence-electron chi connectivity index (χ0n) is 12.5. The van der Waals surface area contributed by atoms with E-state index in [1.165, 1.54) is 25.3 Å². The summed E-state index contributed by atoms with van der Waals surface area (Å²) in [4.78, 5) is 21.5. The summed E-state index contributed by atoms with van der Waals surface area (Å²) in [6.45, 7) is -1.32. The van der Waals surface area contributed by atoms with Gasteiger partial charge in [-0.2, -0.15) is 0 Å². The molecule has 0 radical (unpaired) electrons. The SMILES string of the molecule is COc1ccc(NC(=S)N[C@@H](NC(=O)CF)C(Cl)(Cl)Cl)cc1[N+](=O)[O-]. The van der Waals surface area contributed by atoms with Crippen molar-refractivity contribution < 1.29 is 18.8 Å². The van der Waals surface area contributed by atoms with Crippen molar-refractivity contribution in [1.29, 1.82) is 0 Å². The van der Waals surface area contributed by atoms with Crippen LogP contribution in [0, 0.1) is 10.1 Å². The number of hydrogen-bond donors (Lipinski definition) is 3. The summed E-state index contributed by atoms with van der Waals surface area (Å²) < 4.78 is 15.2. The normalized spacial score (nSPS) is 12.0. The summed E-state index contributed by atoms with van der Waals surface area (Å²) in [6, 6.07) is 4.00. The van der Waals surface area contributed by atoms with Gasteiger partial charge in [0.25, 0.3) is 5.91 Å². The number of nitro groups is 1. The van der Waals surface area contributed by atoms with E-state index in [9.17, 15) is 19.3 Å². The van der Waals surface area contributed by atoms with E-state index in [-0.39, 0.29) is 22.2 Å². The Bertz CT molecular complexity index is 674. The topological polar surface area (TPSA) is 106 Å². The molecule has 3 N–H and O–H groups in total. The van der Waals surface area contributed by atoms with Crippen molar-refractivity contribution in [1.82, 2.24) is 10.6 Å². The molecule has 0 saturated carbocycles. The summed E-state index contributed by atoms with van der Waals surface area (Å²) in [6.07, 6.45) is -1.34. The minimum atomic E-state index is -2.04. The summed E-state index contributed by atoms with van der Waals surface area (Å²) in [7, 11) is 1.29. The van der Waals surface area contributed by atoms with Gasteiger partial charge >= 0.3 is 5.69 Å². The number of benzene rings is 1. The van der Waals surface area contributed by atoms with Crippen LogP contribution in [0.5, 0.6) is 5.75 Å². The molecule has 138 valence electrons. The third-order valence-corrected chi connectivity index (χ3v) is 3.54. The van der Waals surface area contributed by atoms with Crippen LogP contribution in [0.25, 0.3) is 0 Å². The number of nitro benzene ring substituents is 1. The lowest BCUT2D eigenvalue weighted by molar-refractivity contribution is -0.385. The minimum absolute atomic E-state index is 0.0591. The maximum atomic E-state index is 12.3. The van der Waals surface area contributed by atoms with Crippen molar-refractivity contribution >= 4 is 69.4 Å². The van der Waals surface area contributed by atoms with Crippen LogP contribution in [0.15, 0.2) is 18.2 Å². The highest BCUT2D eigenvalue weighted by molar-refractivity contribution is 7.80. The molecule has 0 saturated heterocycles. The number of carbonyl (C=O) groups excluding carboxylic acids is 1. The van der Waals surface area contributed by atoms with Gasteiger partial charge in [-0.3, -0.25) is 14.9 Å². The van der Waals surface area contributed by atoms with Crippen molar-refractivity contribution in [3.63, 3.8) is 0 Å². The lowest BCUT2D eigenvalue weighted by Gasteiger charge is -2.27. The van der Waals surface area contributed by atoms with E-state index in [1.54, 1.807) is 0 Å². The van der Waals surface area contributed by atoms with Gasteiger partial charge in [-0.15, -0.1) is 0 Å². The molecule has 1 aromatic rings. The van der Waals surface area contributed by atoms with Crippen molar-refractivity contribution in [2.24, 2.45) is 0 Å². The van der Waals surface area contributed by atoms with Crippen LogP contribution in [0.1, 0.15) is 0 Å². The number of thiocarbonyl (C=S) groups is 1. The van der Waals surface area contributed by atoms with Gasteiger partial charge in [-0.05, 0) is 24.4 Å². The number of rotatable bonds is 6. The average Bonchev–Trinajstić information content (AvgIpc) is 2.52. The number of halogens is 4. The Kier molecular flexibility index (Phi) is 7.87. The van der Waals surface area contributed by atoms with Gasteiger partial charge in [0.1, 0.15) is 6.17 Å². The number of nitrogens with one attached hydrogen (secondary N) is 3. The Morgan fingerprint density at radius 2 is 2.08 bits per heavy atom. The second-order valence-corrected chi connectivity index (χ2v) is 7.20. The molecule has 0 spiro atoms. The molecule has 0 aliphatic heterocycles. The molecule has 0 aromatic heterocycles. The number of alkyl halides is 4. The summed E-state index contributed by atoms with van der Waals surface area (Å²) in [5.74, 6) is -0.962. The minimum Gasteiger partial charge on any atom is -0.490 e. The first-order valence-electron chi connectivity index (χ1n) is 6.40. The lowest BCUT2D eigenvalue weighted by Crippen LogP contribution is -2.56. The van der Waals surface area contributed by atoms with E-state index >= 15 is 0 Å². The lowest BCUT2D eigenvalue weighted by atomic mass is 10.2. The van der Waals surface area contributed by atoms with Crippen molar-refractivity contribution in [2.45, 2.75) is 9.96 Å². The fourth-order valence-corrected chi connectivity index (χ4v) is 2.17. The number of ether oxygens (including phenoxy) is 1. The van der Waals surface area contributed by atoms with Crippen LogP contribution in [-0.4, -0.2) is 39.7 Å². The highest BCUT2D eigenvalue weighted by atomic mass is 35.6. The first kappa shape index (κ1) is 21.4. The first-order chi connectivity index (χ1) is 11.6. The Labute approximate surface area is 162 Å². The van der Waals surface area contributed by atoms with Gasteiger partial charge in [0.15, 0.2) is 17.5 Å². The van der Waals surface area contributed by atoms with Crippen molar-refractivity contribution in [3.05, 3.63) is 28.3 Å².